The average molecular weight is 405 g/mol. The summed E-state index contributed by atoms with van der Waals surface area (Å²) in [6.07, 6.45) is 0.203. The van der Waals surface area contributed by atoms with E-state index in [9.17, 15) is 26.7 Å². The molecule has 0 bridgehead atoms. The maximum Gasteiger partial charge on any atom is 0.257 e. The van der Waals surface area contributed by atoms with Crippen LogP contribution in [0.2, 0.25) is 0 Å². The number of nitrogens with one attached hydrogen (secondary N) is 1. The molecule has 9 heteroatoms. The van der Waals surface area contributed by atoms with Crippen LogP contribution in [0.25, 0.3) is 0 Å². The zero-order valence-corrected chi connectivity index (χ0v) is 15.4. The van der Waals surface area contributed by atoms with Gasteiger partial charge in [-0.15, -0.1) is 0 Å². The third-order valence-corrected chi connectivity index (χ3v) is 5.51. The van der Waals surface area contributed by atoms with Crippen LogP contribution in [0.1, 0.15) is 31.2 Å². The Balaban J connectivity index is 1.51. The Morgan fingerprint density at radius 1 is 1.25 bits per heavy atom. The SMILES string of the molecule is N[C@H](Cc1cc(F)c(F)cc1F)C(F)CN1CCCC1CNC(=O)C1(F)CC1. The van der Waals surface area contributed by atoms with Crippen molar-refractivity contribution < 1.29 is 26.7 Å². The van der Waals surface area contributed by atoms with Crippen molar-refractivity contribution in [3.63, 3.8) is 0 Å². The second kappa shape index (κ2) is 8.32. The van der Waals surface area contributed by atoms with E-state index >= 15 is 0 Å². The summed E-state index contributed by atoms with van der Waals surface area (Å²) in [7, 11) is 0. The molecule has 1 aromatic carbocycles. The molecule has 2 unspecified atom stereocenters. The molecular formula is C19H24F5N3O. The van der Waals surface area contributed by atoms with Gasteiger partial charge in [0.25, 0.3) is 5.91 Å². The number of hydrogen-bond acceptors (Lipinski definition) is 3. The number of amides is 1. The van der Waals surface area contributed by atoms with Crippen molar-refractivity contribution in [2.45, 2.75) is 56.0 Å². The first kappa shape index (κ1) is 21.0. The van der Waals surface area contributed by atoms with E-state index in [0.29, 0.717) is 18.7 Å². The maximum atomic E-state index is 14.6. The van der Waals surface area contributed by atoms with E-state index in [0.717, 1.165) is 12.8 Å². The normalized spacial score (nSPS) is 23.4. The Hall–Kier alpha value is -1.74. The van der Waals surface area contributed by atoms with Gasteiger partial charge in [-0.05, 0) is 50.3 Å². The largest absolute Gasteiger partial charge is 0.352 e. The van der Waals surface area contributed by atoms with Gasteiger partial charge in [-0.25, -0.2) is 22.0 Å². The second-order valence-corrected chi connectivity index (χ2v) is 7.71. The van der Waals surface area contributed by atoms with Crippen molar-refractivity contribution in [1.82, 2.24) is 10.2 Å². The number of nitrogens with zero attached hydrogens (tertiary/aromatic N) is 1. The summed E-state index contributed by atoms with van der Waals surface area (Å²) in [6.45, 7) is 0.798. The first-order chi connectivity index (χ1) is 13.2. The summed E-state index contributed by atoms with van der Waals surface area (Å²) >= 11 is 0. The summed E-state index contributed by atoms with van der Waals surface area (Å²) in [5.41, 5.74) is 3.88. The van der Waals surface area contributed by atoms with Crippen LogP contribution in [0.5, 0.6) is 0 Å². The molecule has 28 heavy (non-hydrogen) atoms. The molecule has 4 nitrogen and oxygen atoms in total. The number of nitrogens with two attached hydrogens (primary N) is 1. The minimum atomic E-state index is -1.75. The minimum absolute atomic E-state index is 0.0340. The van der Waals surface area contributed by atoms with Gasteiger partial charge in [-0.2, -0.15) is 0 Å². The van der Waals surface area contributed by atoms with Crippen LogP contribution in [-0.2, 0) is 11.2 Å². The van der Waals surface area contributed by atoms with Crippen LogP contribution in [0.15, 0.2) is 12.1 Å². The number of hydrogen-bond donors (Lipinski definition) is 2. The zero-order valence-electron chi connectivity index (χ0n) is 15.4. The van der Waals surface area contributed by atoms with Crippen LogP contribution in [0.3, 0.4) is 0 Å². The monoisotopic (exact) mass is 405 g/mol. The van der Waals surface area contributed by atoms with Gasteiger partial charge in [0.15, 0.2) is 17.3 Å². The topological polar surface area (TPSA) is 58.4 Å². The van der Waals surface area contributed by atoms with Gasteiger partial charge < -0.3 is 11.1 Å². The highest BCUT2D eigenvalue weighted by Gasteiger charge is 2.50. The number of halogens is 5. The van der Waals surface area contributed by atoms with Gasteiger partial charge in [-0.3, -0.25) is 9.69 Å². The summed E-state index contributed by atoms with van der Waals surface area (Å²) in [4.78, 5) is 13.5. The Kier molecular flexibility index (Phi) is 6.24. The Morgan fingerprint density at radius 2 is 1.93 bits per heavy atom. The molecule has 2 aliphatic rings. The van der Waals surface area contributed by atoms with Crippen LogP contribution in [0, 0.1) is 17.5 Å². The minimum Gasteiger partial charge on any atom is -0.352 e. The van der Waals surface area contributed by atoms with Crippen LogP contribution < -0.4 is 11.1 Å². The number of carbonyl (C=O) groups excluding carboxylic acids is 1. The average Bonchev–Trinajstić information content (AvgIpc) is 3.25. The van der Waals surface area contributed by atoms with Crippen molar-refractivity contribution in [3.8, 4) is 0 Å². The molecule has 156 valence electrons. The number of likely N-dealkylation sites (tertiary alicyclic amines) is 1. The van der Waals surface area contributed by atoms with Crippen molar-refractivity contribution in [3.05, 3.63) is 35.1 Å². The lowest BCUT2D eigenvalue weighted by Gasteiger charge is -2.28. The molecule has 3 N–H and O–H groups in total. The van der Waals surface area contributed by atoms with Gasteiger partial charge >= 0.3 is 0 Å². The van der Waals surface area contributed by atoms with Crippen molar-refractivity contribution in [1.29, 1.82) is 0 Å². The van der Waals surface area contributed by atoms with Crippen LogP contribution >= 0.6 is 0 Å². The van der Waals surface area contributed by atoms with Crippen molar-refractivity contribution in [2.24, 2.45) is 5.73 Å². The van der Waals surface area contributed by atoms with E-state index in [4.69, 9.17) is 5.73 Å². The summed E-state index contributed by atoms with van der Waals surface area (Å²) in [5, 5.41) is 2.58. The van der Waals surface area contributed by atoms with E-state index in [-0.39, 0.29) is 44.0 Å². The molecule has 1 aliphatic heterocycles. The third kappa shape index (κ3) is 4.81. The number of alkyl halides is 2. The lowest BCUT2D eigenvalue weighted by atomic mass is 10.0. The number of rotatable bonds is 8. The lowest BCUT2D eigenvalue weighted by Crippen LogP contribution is -2.48. The molecule has 3 rings (SSSR count). The fraction of sp³-hybridized carbons (Fsp3) is 0.632. The van der Waals surface area contributed by atoms with Crippen molar-refractivity contribution in [2.75, 3.05) is 19.6 Å². The molecule has 1 amide bonds. The highest BCUT2D eigenvalue weighted by molar-refractivity contribution is 5.87. The molecule has 1 saturated carbocycles. The molecule has 1 heterocycles. The smallest absolute Gasteiger partial charge is 0.257 e. The van der Waals surface area contributed by atoms with E-state index in [1.54, 1.807) is 0 Å². The molecule has 2 fully saturated rings. The van der Waals surface area contributed by atoms with Gasteiger partial charge in [0.05, 0.1) is 0 Å². The standard InChI is InChI=1S/C19H24F5N3O/c20-13-8-15(22)14(21)6-11(13)7-17(25)16(23)10-27-5-1-2-12(27)9-26-18(28)19(24)3-4-19/h6,8,12,16-17H,1-5,7,9-10,25H2,(H,26,28)/t12?,16?,17-/m1/s1. The second-order valence-electron chi connectivity index (χ2n) is 7.71. The first-order valence-electron chi connectivity index (χ1n) is 9.44. The van der Waals surface area contributed by atoms with E-state index < -0.39 is 41.2 Å². The number of benzene rings is 1. The fourth-order valence-electron chi connectivity index (χ4n) is 3.53. The fourth-order valence-corrected chi connectivity index (χ4v) is 3.53. The Morgan fingerprint density at radius 3 is 2.61 bits per heavy atom. The molecule has 1 aliphatic carbocycles. The maximum absolute atomic E-state index is 14.6. The summed E-state index contributed by atoms with van der Waals surface area (Å²) in [5.74, 6) is -4.12. The van der Waals surface area contributed by atoms with Gasteiger partial charge in [0.1, 0.15) is 12.0 Å². The molecular weight excluding hydrogens is 381 g/mol. The van der Waals surface area contributed by atoms with E-state index in [2.05, 4.69) is 5.32 Å². The zero-order chi connectivity index (χ0) is 20.5. The molecule has 0 spiro atoms. The molecule has 1 saturated heterocycles. The summed E-state index contributed by atoms with van der Waals surface area (Å²) < 4.78 is 68.3. The van der Waals surface area contributed by atoms with Gasteiger partial charge in [-0.1, -0.05) is 0 Å². The Bertz CT molecular complexity index is 728. The molecule has 0 aromatic heterocycles. The van der Waals surface area contributed by atoms with E-state index in [1.165, 1.54) is 0 Å². The Labute approximate surface area is 160 Å². The molecule has 3 atom stereocenters. The first-order valence-corrected chi connectivity index (χ1v) is 9.44. The molecule has 0 radical (unpaired) electrons. The van der Waals surface area contributed by atoms with E-state index in [1.807, 2.05) is 4.90 Å². The highest BCUT2D eigenvalue weighted by Crippen LogP contribution is 2.39. The number of carbonyl (C=O) groups is 1. The predicted octanol–water partition coefficient (Wildman–Crippen LogP) is 2.39. The predicted molar refractivity (Wildman–Crippen MR) is 93.6 cm³/mol. The van der Waals surface area contributed by atoms with Crippen LogP contribution in [-0.4, -0.2) is 54.4 Å². The highest BCUT2D eigenvalue weighted by atomic mass is 19.2. The van der Waals surface area contributed by atoms with Gasteiger partial charge in [0.2, 0.25) is 0 Å². The van der Waals surface area contributed by atoms with Gasteiger partial charge in [0, 0.05) is 31.2 Å². The lowest BCUT2D eigenvalue weighted by molar-refractivity contribution is -0.127. The third-order valence-electron chi connectivity index (χ3n) is 5.51. The van der Waals surface area contributed by atoms with Crippen LogP contribution in [0.4, 0.5) is 22.0 Å². The summed E-state index contributed by atoms with van der Waals surface area (Å²) in [6, 6.07) is -0.121. The molecule has 1 aromatic rings. The van der Waals surface area contributed by atoms with Crippen molar-refractivity contribution >= 4 is 5.91 Å². The quantitative estimate of drug-likeness (QED) is 0.516.